The molecule has 1 aromatic carbocycles. The van der Waals surface area contributed by atoms with E-state index >= 15 is 0 Å². The van der Waals surface area contributed by atoms with Crippen molar-refractivity contribution in [1.82, 2.24) is 9.66 Å². The van der Waals surface area contributed by atoms with Crippen molar-refractivity contribution in [2.24, 2.45) is 5.73 Å². The number of nitrogens with zero attached hydrogens (tertiary/aromatic N) is 3. The highest BCUT2D eigenvalue weighted by molar-refractivity contribution is 6.35. The van der Waals surface area contributed by atoms with Gasteiger partial charge in [0, 0.05) is 19.5 Å². The van der Waals surface area contributed by atoms with Gasteiger partial charge in [0.05, 0.1) is 15.9 Å². The predicted molar refractivity (Wildman–Crippen MR) is 90.2 cm³/mol. The monoisotopic (exact) mass is 320 g/mol. The van der Waals surface area contributed by atoms with E-state index in [4.69, 9.17) is 17.3 Å². The van der Waals surface area contributed by atoms with Gasteiger partial charge >= 0.3 is 0 Å². The molecule has 0 aliphatic carbocycles. The van der Waals surface area contributed by atoms with Crippen LogP contribution in [0.2, 0.25) is 5.02 Å². The zero-order valence-corrected chi connectivity index (χ0v) is 13.4. The van der Waals surface area contributed by atoms with E-state index in [-0.39, 0.29) is 5.56 Å². The average molecular weight is 321 g/mol. The Labute approximate surface area is 134 Å². The van der Waals surface area contributed by atoms with Crippen LogP contribution in [0.1, 0.15) is 31.5 Å². The first-order valence-corrected chi connectivity index (χ1v) is 8.25. The van der Waals surface area contributed by atoms with Crippen LogP contribution in [0, 0.1) is 0 Å². The van der Waals surface area contributed by atoms with Gasteiger partial charge in [-0.15, -0.1) is 0 Å². The van der Waals surface area contributed by atoms with Crippen LogP contribution < -0.4 is 16.3 Å². The van der Waals surface area contributed by atoms with E-state index in [1.165, 1.54) is 12.8 Å². The molecule has 2 heterocycles. The maximum Gasteiger partial charge on any atom is 0.281 e. The molecule has 0 unspecified atom stereocenters. The normalized spacial score (nSPS) is 16.0. The van der Waals surface area contributed by atoms with Crippen molar-refractivity contribution in [2.75, 3.05) is 24.6 Å². The lowest BCUT2D eigenvalue weighted by molar-refractivity contribution is 0.541. The topological polar surface area (TPSA) is 64.1 Å². The third kappa shape index (κ3) is 2.83. The number of aromatic nitrogens is 2. The lowest BCUT2D eigenvalue weighted by Gasteiger charge is -2.27. The molecule has 0 bridgehead atoms. The molecule has 22 heavy (non-hydrogen) atoms. The highest BCUT2D eigenvalue weighted by Gasteiger charge is 2.18. The van der Waals surface area contributed by atoms with Crippen molar-refractivity contribution in [1.29, 1.82) is 0 Å². The molecule has 6 heteroatoms. The van der Waals surface area contributed by atoms with Crippen LogP contribution in [0.3, 0.4) is 0 Å². The second kappa shape index (κ2) is 6.67. The zero-order chi connectivity index (χ0) is 15.5. The van der Waals surface area contributed by atoms with Crippen LogP contribution in [0.5, 0.6) is 0 Å². The van der Waals surface area contributed by atoms with Crippen molar-refractivity contribution < 1.29 is 0 Å². The minimum atomic E-state index is -0.0825. The maximum absolute atomic E-state index is 13.0. The van der Waals surface area contributed by atoms with Gasteiger partial charge in [-0.3, -0.25) is 4.79 Å². The van der Waals surface area contributed by atoms with Crippen LogP contribution in [-0.4, -0.2) is 29.3 Å². The van der Waals surface area contributed by atoms with Gasteiger partial charge in [0.2, 0.25) is 0 Å². The fourth-order valence-corrected chi connectivity index (χ4v) is 3.31. The molecule has 0 radical (unpaired) electrons. The SMILES string of the molecule is NCCc1nc2cccc(Cl)c2c(=O)n1N1CCCCCC1. The van der Waals surface area contributed by atoms with Crippen molar-refractivity contribution in [3.63, 3.8) is 0 Å². The van der Waals surface area contributed by atoms with E-state index in [2.05, 4.69) is 9.99 Å². The Morgan fingerprint density at radius 1 is 1.18 bits per heavy atom. The molecule has 1 saturated heterocycles. The fourth-order valence-electron chi connectivity index (χ4n) is 3.06. The molecule has 1 aromatic heterocycles. The van der Waals surface area contributed by atoms with Crippen LogP contribution >= 0.6 is 11.6 Å². The third-order valence-electron chi connectivity index (χ3n) is 4.13. The van der Waals surface area contributed by atoms with Gasteiger partial charge in [0.15, 0.2) is 0 Å². The quantitative estimate of drug-likeness (QED) is 0.940. The zero-order valence-electron chi connectivity index (χ0n) is 12.6. The molecule has 1 fully saturated rings. The molecule has 1 aliphatic heterocycles. The van der Waals surface area contributed by atoms with E-state index in [1.807, 2.05) is 12.1 Å². The fraction of sp³-hybridized carbons (Fsp3) is 0.500. The summed E-state index contributed by atoms with van der Waals surface area (Å²) in [5.41, 5.74) is 6.28. The Balaban J connectivity index is 2.21. The third-order valence-corrected chi connectivity index (χ3v) is 4.44. The van der Waals surface area contributed by atoms with E-state index in [0.717, 1.165) is 31.8 Å². The largest absolute Gasteiger partial charge is 0.330 e. The highest BCUT2D eigenvalue weighted by Crippen LogP contribution is 2.19. The number of rotatable bonds is 3. The van der Waals surface area contributed by atoms with Gasteiger partial charge < -0.3 is 10.7 Å². The summed E-state index contributed by atoms with van der Waals surface area (Å²) in [7, 11) is 0. The summed E-state index contributed by atoms with van der Waals surface area (Å²) in [5, 5.41) is 3.06. The number of hydrogen-bond acceptors (Lipinski definition) is 4. The smallest absolute Gasteiger partial charge is 0.281 e. The lowest BCUT2D eigenvalue weighted by Crippen LogP contribution is -2.45. The molecule has 118 valence electrons. The van der Waals surface area contributed by atoms with Crippen molar-refractivity contribution in [2.45, 2.75) is 32.1 Å². The summed E-state index contributed by atoms with van der Waals surface area (Å²) in [6.45, 7) is 2.20. The first-order chi connectivity index (χ1) is 10.7. The van der Waals surface area contributed by atoms with E-state index in [0.29, 0.717) is 28.9 Å². The molecule has 1 aliphatic rings. The molecule has 2 N–H and O–H groups in total. The first-order valence-electron chi connectivity index (χ1n) is 7.88. The molecule has 3 rings (SSSR count). The summed E-state index contributed by atoms with van der Waals surface area (Å²) >= 11 is 6.24. The van der Waals surface area contributed by atoms with E-state index < -0.39 is 0 Å². The van der Waals surface area contributed by atoms with Crippen molar-refractivity contribution in [3.8, 4) is 0 Å². The average Bonchev–Trinajstić information content (AvgIpc) is 2.76. The number of halogens is 1. The summed E-state index contributed by atoms with van der Waals surface area (Å²) in [4.78, 5) is 17.7. The molecular weight excluding hydrogens is 300 g/mol. The molecule has 0 atom stereocenters. The van der Waals surface area contributed by atoms with E-state index in [1.54, 1.807) is 10.7 Å². The summed E-state index contributed by atoms with van der Waals surface area (Å²) < 4.78 is 1.71. The molecular formula is C16H21ClN4O. The number of nitrogens with two attached hydrogens (primary N) is 1. The number of fused-ring (bicyclic) bond motifs is 1. The van der Waals surface area contributed by atoms with Gasteiger partial charge in [-0.05, 0) is 31.5 Å². The van der Waals surface area contributed by atoms with Gasteiger partial charge in [0.25, 0.3) is 5.56 Å². The first kappa shape index (κ1) is 15.3. The Morgan fingerprint density at radius 3 is 2.59 bits per heavy atom. The van der Waals surface area contributed by atoms with Crippen LogP contribution in [0.15, 0.2) is 23.0 Å². The molecule has 5 nitrogen and oxygen atoms in total. The Hall–Kier alpha value is -1.59. The Bertz CT molecular complexity index is 720. The minimum Gasteiger partial charge on any atom is -0.330 e. The van der Waals surface area contributed by atoms with Crippen LogP contribution in [0.25, 0.3) is 10.9 Å². The minimum absolute atomic E-state index is 0.0825. The number of benzene rings is 1. The van der Waals surface area contributed by atoms with Gasteiger partial charge in [-0.2, -0.15) is 0 Å². The second-order valence-corrected chi connectivity index (χ2v) is 6.09. The van der Waals surface area contributed by atoms with Crippen molar-refractivity contribution in [3.05, 3.63) is 39.4 Å². The van der Waals surface area contributed by atoms with Gasteiger partial charge in [-0.25, -0.2) is 9.66 Å². The summed E-state index contributed by atoms with van der Waals surface area (Å²) in [6.07, 6.45) is 5.18. The van der Waals surface area contributed by atoms with Crippen LogP contribution in [-0.2, 0) is 6.42 Å². The standard InChI is InChI=1S/C16H21ClN4O/c17-12-6-5-7-13-15(12)16(22)21(14(19-13)8-9-18)20-10-3-1-2-4-11-20/h5-7H,1-4,8-11,18H2. The van der Waals surface area contributed by atoms with Gasteiger partial charge in [-0.1, -0.05) is 30.5 Å². The highest BCUT2D eigenvalue weighted by atomic mass is 35.5. The predicted octanol–water partition coefficient (Wildman–Crippen LogP) is 2.06. The van der Waals surface area contributed by atoms with E-state index in [9.17, 15) is 4.79 Å². The molecule has 0 spiro atoms. The van der Waals surface area contributed by atoms with Gasteiger partial charge in [0.1, 0.15) is 5.82 Å². The second-order valence-electron chi connectivity index (χ2n) is 5.69. The van der Waals surface area contributed by atoms with Crippen LogP contribution in [0.4, 0.5) is 0 Å². The summed E-state index contributed by atoms with van der Waals surface area (Å²) in [6, 6.07) is 5.39. The maximum atomic E-state index is 13.0. The van der Waals surface area contributed by atoms with Crippen molar-refractivity contribution >= 4 is 22.5 Å². The Kier molecular flexibility index (Phi) is 4.64. The molecule has 0 saturated carbocycles. The Morgan fingerprint density at radius 2 is 1.91 bits per heavy atom. The summed E-state index contributed by atoms with van der Waals surface area (Å²) in [5.74, 6) is 0.726. The molecule has 0 amide bonds. The molecule has 2 aromatic rings. The number of hydrogen-bond donors (Lipinski definition) is 1. The lowest BCUT2D eigenvalue weighted by atomic mass is 10.2.